The van der Waals surface area contributed by atoms with E-state index >= 15 is 0 Å². The highest BCUT2D eigenvalue weighted by molar-refractivity contribution is 5.79. The van der Waals surface area contributed by atoms with Crippen LogP contribution in [0.4, 0.5) is 0 Å². The van der Waals surface area contributed by atoms with Crippen LogP contribution in [-0.2, 0) is 9.53 Å². The lowest BCUT2D eigenvalue weighted by molar-refractivity contribution is -0.169. The zero-order valence-electron chi connectivity index (χ0n) is 8.53. The molecular formula is C10H17NO3. The van der Waals surface area contributed by atoms with Crippen molar-refractivity contribution in [2.45, 2.75) is 37.8 Å². The van der Waals surface area contributed by atoms with Crippen LogP contribution in [-0.4, -0.2) is 47.3 Å². The van der Waals surface area contributed by atoms with E-state index in [4.69, 9.17) is 4.74 Å². The second kappa shape index (κ2) is 3.51. The lowest BCUT2D eigenvalue weighted by atomic mass is 9.86. The van der Waals surface area contributed by atoms with E-state index < -0.39 is 5.54 Å². The van der Waals surface area contributed by atoms with E-state index in [0.717, 1.165) is 12.8 Å². The van der Waals surface area contributed by atoms with Crippen LogP contribution >= 0.6 is 0 Å². The second-order valence-corrected chi connectivity index (χ2v) is 4.50. The number of carbonyl (C=O) groups is 1. The summed E-state index contributed by atoms with van der Waals surface area (Å²) in [4.78, 5) is 13.5. The van der Waals surface area contributed by atoms with Gasteiger partial charge >= 0.3 is 0 Å². The average molecular weight is 199 g/mol. The first-order valence-electron chi connectivity index (χ1n) is 5.18. The maximum atomic E-state index is 11.7. The van der Waals surface area contributed by atoms with Gasteiger partial charge in [-0.2, -0.15) is 0 Å². The van der Waals surface area contributed by atoms with Crippen molar-refractivity contribution in [3.63, 3.8) is 0 Å². The fourth-order valence-corrected chi connectivity index (χ4v) is 2.21. The summed E-state index contributed by atoms with van der Waals surface area (Å²) in [5.41, 5.74) is -0.500. The van der Waals surface area contributed by atoms with E-state index in [1.165, 1.54) is 6.42 Å². The van der Waals surface area contributed by atoms with Gasteiger partial charge in [-0.25, -0.2) is 0 Å². The van der Waals surface area contributed by atoms with Gasteiger partial charge in [-0.1, -0.05) is 0 Å². The zero-order chi connectivity index (χ0) is 10.2. The quantitative estimate of drug-likeness (QED) is 0.688. The fraction of sp³-hybridized carbons (Fsp3) is 0.900. The van der Waals surface area contributed by atoms with Crippen molar-refractivity contribution >= 4 is 5.91 Å². The molecule has 4 heteroatoms. The average Bonchev–Trinajstić information content (AvgIpc) is 2.09. The Morgan fingerprint density at radius 3 is 2.86 bits per heavy atom. The molecule has 1 heterocycles. The minimum absolute atomic E-state index is 0.0186. The summed E-state index contributed by atoms with van der Waals surface area (Å²) in [5, 5.41) is 9.33. The highest BCUT2D eigenvalue weighted by Crippen LogP contribution is 2.32. The first-order valence-corrected chi connectivity index (χ1v) is 5.18. The lowest BCUT2D eigenvalue weighted by Gasteiger charge is -2.50. The van der Waals surface area contributed by atoms with Crippen molar-refractivity contribution in [1.29, 1.82) is 0 Å². The molecule has 1 amide bonds. The summed E-state index contributed by atoms with van der Waals surface area (Å²) >= 11 is 0. The number of ether oxygens (including phenoxy) is 1. The molecule has 1 aliphatic carbocycles. The minimum Gasteiger partial charge on any atom is -0.394 e. The van der Waals surface area contributed by atoms with Gasteiger partial charge in [-0.05, 0) is 26.2 Å². The molecular weight excluding hydrogens is 182 g/mol. The molecule has 0 aromatic rings. The highest BCUT2D eigenvalue weighted by atomic mass is 16.5. The third kappa shape index (κ3) is 1.42. The molecule has 2 fully saturated rings. The number of aliphatic hydroxyl groups excluding tert-OH is 1. The molecule has 0 aromatic heterocycles. The van der Waals surface area contributed by atoms with Crippen molar-refractivity contribution in [1.82, 2.24) is 4.90 Å². The van der Waals surface area contributed by atoms with E-state index in [-0.39, 0.29) is 19.1 Å². The first-order chi connectivity index (χ1) is 6.67. The monoisotopic (exact) mass is 199 g/mol. The summed E-state index contributed by atoms with van der Waals surface area (Å²) in [7, 11) is 0. The Labute approximate surface area is 83.8 Å². The number of morpholine rings is 1. The number of hydrogen-bond acceptors (Lipinski definition) is 3. The lowest BCUT2D eigenvalue weighted by Crippen LogP contribution is -2.64. The normalized spacial score (nSPS) is 34.4. The Kier molecular flexibility index (Phi) is 2.49. The Morgan fingerprint density at radius 2 is 2.36 bits per heavy atom. The molecule has 0 radical (unpaired) electrons. The summed E-state index contributed by atoms with van der Waals surface area (Å²) in [6, 6.07) is 0.337. The van der Waals surface area contributed by atoms with Crippen molar-refractivity contribution < 1.29 is 14.6 Å². The molecule has 80 valence electrons. The molecule has 2 rings (SSSR count). The predicted octanol–water partition coefficient (Wildman–Crippen LogP) is 0.149. The van der Waals surface area contributed by atoms with Crippen molar-refractivity contribution in [3.05, 3.63) is 0 Å². The third-order valence-electron chi connectivity index (χ3n) is 3.27. The van der Waals surface area contributed by atoms with Gasteiger partial charge < -0.3 is 14.7 Å². The number of hydrogen-bond donors (Lipinski definition) is 1. The first kappa shape index (κ1) is 9.93. The van der Waals surface area contributed by atoms with E-state index in [1.807, 2.05) is 11.8 Å². The van der Waals surface area contributed by atoms with Gasteiger partial charge in [0.05, 0.1) is 18.8 Å². The molecule has 1 saturated heterocycles. The van der Waals surface area contributed by atoms with Crippen LogP contribution in [0.25, 0.3) is 0 Å². The van der Waals surface area contributed by atoms with E-state index in [1.54, 1.807) is 0 Å². The number of carbonyl (C=O) groups excluding carboxylic acids is 1. The number of aliphatic hydroxyl groups is 1. The molecule has 0 spiro atoms. The van der Waals surface area contributed by atoms with Crippen molar-refractivity contribution in [2.24, 2.45) is 0 Å². The molecule has 14 heavy (non-hydrogen) atoms. The number of amides is 1. The number of nitrogens with zero attached hydrogens (tertiary/aromatic N) is 1. The zero-order valence-corrected chi connectivity index (χ0v) is 8.53. The largest absolute Gasteiger partial charge is 0.394 e. The van der Waals surface area contributed by atoms with Crippen LogP contribution in [0.15, 0.2) is 0 Å². The van der Waals surface area contributed by atoms with E-state index in [9.17, 15) is 9.90 Å². The van der Waals surface area contributed by atoms with Gasteiger partial charge in [0.25, 0.3) is 0 Å². The molecule has 1 aliphatic heterocycles. The SMILES string of the molecule is CC1(CO)COCC(=O)N1C1CCC1. The highest BCUT2D eigenvalue weighted by Gasteiger charge is 2.44. The fourth-order valence-electron chi connectivity index (χ4n) is 2.21. The summed E-state index contributed by atoms with van der Waals surface area (Å²) in [6.45, 7) is 2.50. The van der Waals surface area contributed by atoms with Crippen molar-refractivity contribution in [2.75, 3.05) is 19.8 Å². The van der Waals surface area contributed by atoms with Crippen LogP contribution in [0.1, 0.15) is 26.2 Å². The predicted molar refractivity (Wildman–Crippen MR) is 50.8 cm³/mol. The van der Waals surface area contributed by atoms with Crippen LogP contribution in [0.5, 0.6) is 0 Å². The van der Waals surface area contributed by atoms with E-state index in [0.29, 0.717) is 12.6 Å². The van der Waals surface area contributed by atoms with Gasteiger partial charge in [0.1, 0.15) is 6.61 Å². The Hall–Kier alpha value is -0.610. The maximum Gasteiger partial charge on any atom is 0.249 e. The number of rotatable bonds is 2. The molecule has 1 atom stereocenters. The van der Waals surface area contributed by atoms with E-state index in [2.05, 4.69) is 0 Å². The molecule has 1 N–H and O–H groups in total. The Bertz CT molecular complexity index is 240. The smallest absolute Gasteiger partial charge is 0.249 e. The molecule has 1 saturated carbocycles. The van der Waals surface area contributed by atoms with Gasteiger partial charge in [0.15, 0.2) is 0 Å². The van der Waals surface area contributed by atoms with Crippen LogP contribution < -0.4 is 0 Å². The summed E-state index contributed by atoms with van der Waals surface area (Å²) < 4.78 is 5.19. The minimum atomic E-state index is -0.500. The van der Waals surface area contributed by atoms with Gasteiger partial charge in [0.2, 0.25) is 5.91 Å². The van der Waals surface area contributed by atoms with Crippen LogP contribution in [0, 0.1) is 0 Å². The second-order valence-electron chi connectivity index (χ2n) is 4.50. The standard InChI is InChI=1S/C10H17NO3/c1-10(6-12)7-14-5-9(13)11(10)8-3-2-4-8/h8,12H,2-7H2,1H3. The molecule has 0 bridgehead atoms. The van der Waals surface area contributed by atoms with Gasteiger partial charge in [0, 0.05) is 6.04 Å². The van der Waals surface area contributed by atoms with Crippen LogP contribution in [0.3, 0.4) is 0 Å². The topological polar surface area (TPSA) is 49.8 Å². The summed E-state index contributed by atoms with van der Waals surface area (Å²) in [6.07, 6.45) is 3.33. The Balaban J connectivity index is 2.16. The van der Waals surface area contributed by atoms with Crippen LogP contribution in [0.2, 0.25) is 0 Å². The van der Waals surface area contributed by atoms with Crippen molar-refractivity contribution in [3.8, 4) is 0 Å². The Morgan fingerprint density at radius 1 is 1.64 bits per heavy atom. The molecule has 0 aromatic carbocycles. The molecule has 4 nitrogen and oxygen atoms in total. The molecule has 1 unspecified atom stereocenters. The summed E-state index contributed by atoms with van der Waals surface area (Å²) in [5.74, 6) is 0.0255. The maximum absolute atomic E-state index is 11.7. The molecule has 2 aliphatic rings. The van der Waals surface area contributed by atoms with Gasteiger partial charge in [-0.15, -0.1) is 0 Å². The van der Waals surface area contributed by atoms with Gasteiger partial charge in [-0.3, -0.25) is 4.79 Å². The third-order valence-corrected chi connectivity index (χ3v) is 3.27.